The highest BCUT2D eigenvalue weighted by Crippen LogP contribution is 2.36. The van der Waals surface area contributed by atoms with Crippen molar-refractivity contribution in [2.24, 2.45) is 5.92 Å². The molecule has 2 rings (SSSR count). The summed E-state index contributed by atoms with van der Waals surface area (Å²) in [5.41, 5.74) is 1.07. The summed E-state index contributed by atoms with van der Waals surface area (Å²) in [5, 5.41) is 3.93. The number of hydrogen-bond acceptors (Lipinski definition) is 2. The number of benzene rings is 1. The Balaban J connectivity index is 2.28. The van der Waals surface area contributed by atoms with Crippen molar-refractivity contribution < 1.29 is 4.39 Å². The van der Waals surface area contributed by atoms with Crippen LogP contribution in [-0.2, 0) is 0 Å². The van der Waals surface area contributed by atoms with Gasteiger partial charge in [0, 0.05) is 37.2 Å². The van der Waals surface area contributed by atoms with Crippen molar-refractivity contribution in [2.45, 2.75) is 32.7 Å². The van der Waals surface area contributed by atoms with E-state index in [1.807, 2.05) is 6.07 Å². The predicted molar refractivity (Wildman–Crippen MR) is 82.7 cm³/mol. The van der Waals surface area contributed by atoms with E-state index in [0.29, 0.717) is 10.9 Å². The highest BCUT2D eigenvalue weighted by Gasteiger charge is 2.28. The molecule has 0 aliphatic carbocycles. The normalized spacial score (nSPS) is 19.8. The molecule has 0 spiro atoms. The Morgan fingerprint density at radius 1 is 1.35 bits per heavy atom. The molecule has 0 bridgehead atoms. The summed E-state index contributed by atoms with van der Waals surface area (Å²) in [6.45, 7) is 8.54. The Bertz CT molecular complexity index is 432. The van der Waals surface area contributed by atoms with Gasteiger partial charge in [0.15, 0.2) is 0 Å². The summed E-state index contributed by atoms with van der Waals surface area (Å²) >= 11 is 6.31. The molecular weight excluding hydrogens is 275 g/mol. The van der Waals surface area contributed by atoms with Crippen LogP contribution in [0.25, 0.3) is 0 Å². The molecule has 1 heterocycles. The molecule has 2 nitrogen and oxygen atoms in total. The second-order valence-corrected chi connectivity index (χ2v) is 6.07. The number of piperazine rings is 1. The summed E-state index contributed by atoms with van der Waals surface area (Å²) in [7, 11) is 0. The van der Waals surface area contributed by atoms with Gasteiger partial charge in [0.2, 0.25) is 0 Å². The van der Waals surface area contributed by atoms with Crippen molar-refractivity contribution in [3.63, 3.8) is 0 Å². The maximum absolute atomic E-state index is 13.3. The third-order valence-electron chi connectivity index (χ3n) is 4.11. The van der Waals surface area contributed by atoms with Crippen LogP contribution in [0.5, 0.6) is 0 Å². The first-order valence-electron chi connectivity index (χ1n) is 7.53. The topological polar surface area (TPSA) is 15.3 Å². The van der Waals surface area contributed by atoms with E-state index in [9.17, 15) is 4.39 Å². The lowest BCUT2D eigenvalue weighted by Crippen LogP contribution is -2.46. The smallest absolute Gasteiger partial charge is 0.124 e. The first-order chi connectivity index (χ1) is 9.63. The minimum Gasteiger partial charge on any atom is -0.314 e. The van der Waals surface area contributed by atoms with Gasteiger partial charge in [0.05, 0.1) is 0 Å². The van der Waals surface area contributed by atoms with E-state index in [-0.39, 0.29) is 11.9 Å². The van der Waals surface area contributed by atoms with Crippen LogP contribution in [0, 0.1) is 11.7 Å². The first-order valence-corrected chi connectivity index (χ1v) is 7.91. The Kier molecular flexibility index (Phi) is 5.82. The molecule has 0 aromatic heterocycles. The maximum atomic E-state index is 13.3. The van der Waals surface area contributed by atoms with Crippen molar-refractivity contribution in [1.29, 1.82) is 0 Å². The Morgan fingerprint density at radius 2 is 2.05 bits per heavy atom. The lowest BCUT2D eigenvalue weighted by molar-refractivity contribution is 0.126. The van der Waals surface area contributed by atoms with E-state index in [0.717, 1.165) is 44.6 Å². The Hall–Kier alpha value is -0.640. The summed E-state index contributed by atoms with van der Waals surface area (Å²) in [4.78, 5) is 2.48. The molecule has 2 atom stereocenters. The predicted octanol–water partition coefficient (Wildman–Crippen LogP) is 3.86. The molecule has 1 aromatic rings. The molecule has 1 unspecified atom stereocenters. The van der Waals surface area contributed by atoms with Gasteiger partial charge < -0.3 is 5.32 Å². The van der Waals surface area contributed by atoms with Gasteiger partial charge in [-0.15, -0.1) is 0 Å². The van der Waals surface area contributed by atoms with Crippen LogP contribution in [0.1, 0.15) is 38.3 Å². The van der Waals surface area contributed by atoms with Gasteiger partial charge in [-0.25, -0.2) is 4.39 Å². The molecule has 0 amide bonds. The second-order valence-electron chi connectivity index (χ2n) is 5.66. The van der Waals surface area contributed by atoms with Gasteiger partial charge in [0.1, 0.15) is 5.82 Å². The summed E-state index contributed by atoms with van der Waals surface area (Å²) in [5.74, 6) is 0.252. The molecule has 1 aliphatic rings. The lowest BCUT2D eigenvalue weighted by atomic mass is 9.89. The van der Waals surface area contributed by atoms with E-state index in [4.69, 9.17) is 11.6 Å². The monoisotopic (exact) mass is 298 g/mol. The zero-order chi connectivity index (χ0) is 14.5. The molecule has 4 heteroatoms. The van der Waals surface area contributed by atoms with E-state index in [1.54, 1.807) is 0 Å². The van der Waals surface area contributed by atoms with Gasteiger partial charge in [0.25, 0.3) is 0 Å². The average molecular weight is 299 g/mol. The van der Waals surface area contributed by atoms with Crippen molar-refractivity contribution in [3.05, 3.63) is 34.6 Å². The van der Waals surface area contributed by atoms with E-state index in [2.05, 4.69) is 24.1 Å². The van der Waals surface area contributed by atoms with E-state index >= 15 is 0 Å². The number of nitrogens with one attached hydrogen (secondary N) is 1. The lowest BCUT2D eigenvalue weighted by Gasteiger charge is -2.39. The van der Waals surface area contributed by atoms with Crippen molar-refractivity contribution in [2.75, 3.05) is 26.2 Å². The zero-order valence-corrected chi connectivity index (χ0v) is 13.1. The van der Waals surface area contributed by atoms with Crippen molar-refractivity contribution in [1.82, 2.24) is 10.2 Å². The third kappa shape index (κ3) is 3.72. The van der Waals surface area contributed by atoms with Crippen LogP contribution in [-0.4, -0.2) is 31.1 Å². The molecule has 1 aliphatic heterocycles. The molecule has 1 saturated heterocycles. The molecule has 1 fully saturated rings. The van der Waals surface area contributed by atoms with Crippen LogP contribution in [0.15, 0.2) is 18.2 Å². The van der Waals surface area contributed by atoms with Crippen LogP contribution in [0.4, 0.5) is 4.39 Å². The number of hydrogen-bond donors (Lipinski definition) is 1. The van der Waals surface area contributed by atoms with Gasteiger partial charge in [-0.1, -0.05) is 37.9 Å². The van der Waals surface area contributed by atoms with Gasteiger partial charge in [-0.05, 0) is 30.0 Å². The van der Waals surface area contributed by atoms with Crippen molar-refractivity contribution >= 4 is 11.6 Å². The summed E-state index contributed by atoms with van der Waals surface area (Å²) < 4.78 is 13.3. The SMILES string of the molecule is CCCC(C)[C@@H](c1ccc(F)cc1Cl)N1CCNCC1. The Labute approximate surface area is 126 Å². The standard InChI is InChI=1S/C16H24ClFN2/c1-3-4-12(2)16(20-9-7-19-8-10-20)14-6-5-13(18)11-15(14)17/h5-6,11-12,16,19H,3-4,7-10H2,1-2H3/t12?,16-/m0/s1. The van der Waals surface area contributed by atoms with Crippen molar-refractivity contribution in [3.8, 4) is 0 Å². The zero-order valence-electron chi connectivity index (χ0n) is 12.3. The maximum Gasteiger partial charge on any atom is 0.124 e. The quantitative estimate of drug-likeness (QED) is 0.888. The van der Waals surface area contributed by atoms with Gasteiger partial charge in [-0.2, -0.15) is 0 Å². The van der Waals surface area contributed by atoms with Crippen LogP contribution in [0.2, 0.25) is 5.02 Å². The van der Waals surface area contributed by atoms with E-state index < -0.39 is 0 Å². The summed E-state index contributed by atoms with van der Waals surface area (Å²) in [6, 6.07) is 5.10. The summed E-state index contributed by atoms with van der Waals surface area (Å²) in [6.07, 6.45) is 2.31. The number of nitrogens with zero attached hydrogens (tertiary/aromatic N) is 1. The van der Waals surface area contributed by atoms with Crippen LogP contribution < -0.4 is 5.32 Å². The van der Waals surface area contributed by atoms with E-state index in [1.165, 1.54) is 12.1 Å². The fraction of sp³-hybridized carbons (Fsp3) is 0.625. The van der Waals surface area contributed by atoms with Gasteiger partial charge >= 0.3 is 0 Å². The van der Waals surface area contributed by atoms with Gasteiger partial charge in [-0.3, -0.25) is 4.90 Å². The molecule has 112 valence electrons. The molecule has 1 aromatic carbocycles. The van der Waals surface area contributed by atoms with Crippen LogP contribution in [0.3, 0.4) is 0 Å². The largest absolute Gasteiger partial charge is 0.314 e. The molecule has 20 heavy (non-hydrogen) atoms. The fourth-order valence-corrected chi connectivity index (χ4v) is 3.46. The highest BCUT2D eigenvalue weighted by molar-refractivity contribution is 6.31. The molecule has 1 N–H and O–H groups in total. The highest BCUT2D eigenvalue weighted by atomic mass is 35.5. The fourth-order valence-electron chi connectivity index (χ4n) is 3.18. The Morgan fingerprint density at radius 3 is 2.65 bits per heavy atom. The molecule has 0 saturated carbocycles. The minimum absolute atomic E-state index is 0.263. The average Bonchev–Trinajstić information content (AvgIpc) is 2.43. The second kappa shape index (κ2) is 7.39. The third-order valence-corrected chi connectivity index (χ3v) is 4.44. The molecule has 0 radical (unpaired) electrons. The first kappa shape index (κ1) is 15.7. The number of rotatable bonds is 5. The minimum atomic E-state index is -0.263. The van der Waals surface area contributed by atoms with Crippen LogP contribution >= 0.6 is 11.6 Å². The number of halogens is 2. The molecular formula is C16H24ClFN2.